The second-order valence-corrected chi connectivity index (χ2v) is 4.95. The first-order chi connectivity index (χ1) is 10.8. The molecule has 2 N–H and O–H groups in total. The van der Waals surface area contributed by atoms with Crippen LogP contribution in [0.3, 0.4) is 0 Å². The van der Waals surface area contributed by atoms with Crippen molar-refractivity contribution in [2.45, 2.75) is 13.1 Å². The van der Waals surface area contributed by atoms with Crippen molar-refractivity contribution in [1.29, 1.82) is 0 Å². The molecule has 1 aromatic carbocycles. The van der Waals surface area contributed by atoms with Gasteiger partial charge in [0.15, 0.2) is 5.65 Å². The second-order valence-electron chi connectivity index (χ2n) is 4.95. The molecule has 2 aromatic heterocycles. The molecule has 2 heterocycles. The van der Waals surface area contributed by atoms with E-state index in [2.05, 4.69) is 10.1 Å². The van der Waals surface area contributed by atoms with Gasteiger partial charge in [0, 0.05) is 11.8 Å². The van der Waals surface area contributed by atoms with Crippen molar-refractivity contribution in [3.8, 4) is 11.3 Å². The van der Waals surface area contributed by atoms with Crippen LogP contribution < -0.4 is 5.73 Å². The summed E-state index contributed by atoms with van der Waals surface area (Å²) in [5.41, 5.74) is 5.11. The minimum absolute atomic E-state index is 0.0724. The molecule has 8 heteroatoms. The predicted molar refractivity (Wildman–Crippen MR) is 76.7 cm³/mol. The molecule has 0 spiro atoms. The number of aryl methyl sites for hydroxylation is 1. The first-order valence-corrected chi connectivity index (χ1v) is 6.61. The summed E-state index contributed by atoms with van der Waals surface area (Å²) < 4.78 is 40.7. The molecule has 5 nitrogen and oxygen atoms in total. The van der Waals surface area contributed by atoms with E-state index < -0.39 is 17.6 Å². The van der Waals surface area contributed by atoms with E-state index in [9.17, 15) is 18.0 Å². The summed E-state index contributed by atoms with van der Waals surface area (Å²) in [6.45, 7) is 1.58. The maximum absolute atomic E-state index is 13.1. The molecular formula is C15H11F3N4O. The number of halogens is 3. The van der Waals surface area contributed by atoms with Crippen molar-refractivity contribution in [2.24, 2.45) is 5.73 Å². The van der Waals surface area contributed by atoms with E-state index >= 15 is 0 Å². The van der Waals surface area contributed by atoms with Crippen LogP contribution in [0.15, 0.2) is 36.5 Å². The quantitative estimate of drug-likeness (QED) is 0.789. The minimum Gasteiger partial charge on any atom is -0.365 e. The fourth-order valence-corrected chi connectivity index (χ4v) is 2.43. The van der Waals surface area contributed by atoms with Crippen molar-refractivity contribution in [3.63, 3.8) is 0 Å². The Morgan fingerprint density at radius 1 is 1.22 bits per heavy atom. The lowest BCUT2D eigenvalue weighted by molar-refractivity contribution is -0.137. The Hall–Kier alpha value is -2.90. The Balaban J connectivity index is 2.27. The lowest BCUT2D eigenvalue weighted by Gasteiger charge is -2.12. The number of aromatic nitrogens is 3. The highest BCUT2D eigenvalue weighted by Gasteiger charge is 2.33. The number of alkyl halides is 3. The number of benzene rings is 1. The van der Waals surface area contributed by atoms with Crippen LogP contribution in [0.4, 0.5) is 13.2 Å². The molecule has 23 heavy (non-hydrogen) atoms. The van der Waals surface area contributed by atoms with Gasteiger partial charge in [-0.15, -0.1) is 0 Å². The third-order valence-electron chi connectivity index (χ3n) is 3.41. The molecule has 0 saturated heterocycles. The first kappa shape index (κ1) is 15.0. The topological polar surface area (TPSA) is 73.3 Å². The Kier molecular flexibility index (Phi) is 3.32. The minimum atomic E-state index is -4.51. The lowest BCUT2D eigenvalue weighted by Crippen LogP contribution is -2.12. The molecule has 3 aromatic rings. The van der Waals surface area contributed by atoms with Gasteiger partial charge >= 0.3 is 6.18 Å². The van der Waals surface area contributed by atoms with Crippen molar-refractivity contribution >= 4 is 11.6 Å². The molecule has 0 aliphatic rings. The van der Waals surface area contributed by atoms with Crippen LogP contribution in [0, 0.1) is 6.92 Å². The number of nitrogens with two attached hydrogens (primary N) is 1. The Bertz CT molecular complexity index is 915. The van der Waals surface area contributed by atoms with Gasteiger partial charge in [0.25, 0.3) is 5.91 Å². The van der Waals surface area contributed by atoms with Gasteiger partial charge in [0.2, 0.25) is 0 Å². The number of carbonyl (C=O) groups is 1. The van der Waals surface area contributed by atoms with E-state index in [-0.39, 0.29) is 22.5 Å². The van der Waals surface area contributed by atoms with Gasteiger partial charge in [-0.3, -0.25) is 4.79 Å². The molecule has 0 atom stereocenters. The van der Waals surface area contributed by atoms with Gasteiger partial charge in [-0.2, -0.15) is 18.3 Å². The number of hydrogen-bond acceptors (Lipinski definition) is 3. The lowest BCUT2D eigenvalue weighted by atomic mass is 10.0. The van der Waals surface area contributed by atoms with Gasteiger partial charge in [0.05, 0.1) is 17.0 Å². The van der Waals surface area contributed by atoms with Crippen molar-refractivity contribution in [1.82, 2.24) is 14.6 Å². The summed E-state index contributed by atoms with van der Waals surface area (Å²) in [6, 6.07) is 6.52. The Morgan fingerprint density at radius 3 is 2.57 bits per heavy atom. The first-order valence-electron chi connectivity index (χ1n) is 6.61. The van der Waals surface area contributed by atoms with Crippen LogP contribution in [0.25, 0.3) is 16.9 Å². The number of nitrogens with zero attached hydrogens (tertiary/aromatic N) is 3. The van der Waals surface area contributed by atoms with Gasteiger partial charge in [-0.25, -0.2) is 9.50 Å². The molecule has 0 radical (unpaired) electrons. The number of carbonyl (C=O) groups excluding carboxylic acids is 1. The maximum Gasteiger partial charge on any atom is 0.417 e. The summed E-state index contributed by atoms with van der Waals surface area (Å²) >= 11 is 0. The van der Waals surface area contributed by atoms with Crippen LogP contribution in [-0.4, -0.2) is 20.5 Å². The number of fused-ring (bicyclic) bond motifs is 1. The van der Waals surface area contributed by atoms with Gasteiger partial charge in [-0.05, 0) is 19.1 Å². The smallest absolute Gasteiger partial charge is 0.365 e. The van der Waals surface area contributed by atoms with E-state index in [1.54, 1.807) is 6.92 Å². The van der Waals surface area contributed by atoms with Crippen LogP contribution in [0.2, 0.25) is 0 Å². The number of primary amides is 1. The molecule has 118 valence electrons. The van der Waals surface area contributed by atoms with E-state index in [1.165, 1.54) is 35.0 Å². The summed E-state index contributed by atoms with van der Waals surface area (Å²) in [4.78, 5) is 15.7. The molecule has 0 saturated carbocycles. The maximum atomic E-state index is 13.1. The summed E-state index contributed by atoms with van der Waals surface area (Å²) in [5.74, 6) is -0.730. The third-order valence-corrected chi connectivity index (χ3v) is 3.41. The van der Waals surface area contributed by atoms with Gasteiger partial charge in [0.1, 0.15) is 5.56 Å². The third kappa shape index (κ3) is 2.52. The van der Waals surface area contributed by atoms with E-state index in [0.717, 1.165) is 6.07 Å². The zero-order chi connectivity index (χ0) is 16.8. The number of amides is 1. The second kappa shape index (κ2) is 5.08. The summed E-state index contributed by atoms with van der Waals surface area (Å²) in [5, 5.41) is 4.07. The fourth-order valence-electron chi connectivity index (χ4n) is 2.43. The standard InChI is InChI=1S/C15H11F3N4O/c1-8-12(13(19)23)14-20-11(6-7-22(14)21-8)9-4-2-3-5-10(9)15(16,17)18/h2-7H,1H3,(H2,19,23). The van der Waals surface area contributed by atoms with E-state index in [4.69, 9.17) is 5.73 Å². The molecule has 0 aliphatic heterocycles. The summed E-state index contributed by atoms with van der Waals surface area (Å²) in [6.07, 6.45) is -3.06. The average Bonchev–Trinajstić information content (AvgIpc) is 2.81. The van der Waals surface area contributed by atoms with E-state index in [0.29, 0.717) is 5.69 Å². The van der Waals surface area contributed by atoms with Gasteiger partial charge < -0.3 is 5.73 Å². The monoisotopic (exact) mass is 320 g/mol. The Morgan fingerprint density at radius 2 is 1.91 bits per heavy atom. The van der Waals surface area contributed by atoms with Crippen molar-refractivity contribution < 1.29 is 18.0 Å². The Labute approximate surface area is 128 Å². The largest absolute Gasteiger partial charge is 0.417 e. The predicted octanol–water partition coefficient (Wildman–Crippen LogP) is 2.82. The molecule has 3 rings (SSSR count). The fraction of sp³-hybridized carbons (Fsp3) is 0.133. The highest BCUT2D eigenvalue weighted by atomic mass is 19.4. The van der Waals surface area contributed by atoms with Gasteiger partial charge in [-0.1, -0.05) is 18.2 Å². The number of rotatable bonds is 2. The zero-order valence-electron chi connectivity index (χ0n) is 11.9. The molecule has 0 aliphatic carbocycles. The summed E-state index contributed by atoms with van der Waals surface area (Å²) in [7, 11) is 0. The van der Waals surface area contributed by atoms with Crippen LogP contribution in [0.5, 0.6) is 0 Å². The highest BCUT2D eigenvalue weighted by Crippen LogP contribution is 2.36. The number of hydrogen-bond donors (Lipinski definition) is 1. The molecule has 0 fully saturated rings. The van der Waals surface area contributed by atoms with Crippen LogP contribution in [-0.2, 0) is 6.18 Å². The average molecular weight is 320 g/mol. The molecular weight excluding hydrogens is 309 g/mol. The van der Waals surface area contributed by atoms with Crippen molar-refractivity contribution in [3.05, 3.63) is 53.3 Å². The highest BCUT2D eigenvalue weighted by molar-refractivity contribution is 6.00. The van der Waals surface area contributed by atoms with Crippen molar-refractivity contribution in [2.75, 3.05) is 0 Å². The SMILES string of the molecule is Cc1nn2ccc(-c3ccccc3C(F)(F)F)nc2c1C(N)=O. The van der Waals surface area contributed by atoms with Crippen LogP contribution >= 0.6 is 0 Å². The molecule has 0 bridgehead atoms. The van der Waals surface area contributed by atoms with Crippen LogP contribution in [0.1, 0.15) is 21.6 Å². The zero-order valence-corrected chi connectivity index (χ0v) is 11.9. The normalized spacial score (nSPS) is 11.8. The molecule has 0 unspecified atom stereocenters. The molecule has 1 amide bonds. The van der Waals surface area contributed by atoms with E-state index in [1.807, 2.05) is 0 Å².